The molecule has 146 valence electrons. The van der Waals surface area contributed by atoms with Gasteiger partial charge >= 0.3 is 0 Å². The molecular weight excluding hydrogens is 408 g/mol. The van der Waals surface area contributed by atoms with Crippen molar-refractivity contribution in [2.75, 3.05) is 0 Å². The van der Waals surface area contributed by atoms with E-state index in [1.54, 1.807) is 25.1 Å². The minimum absolute atomic E-state index is 0.0279. The molecule has 0 amide bonds. The Morgan fingerprint density at radius 2 is 1.57 bits per heavy atom. The molecule has 0 atom stereocenters. The van der Waals surface area contributed by atoms with Gasteiger partial charge in [0.2, 0.25) is 0 Å². The molecule has 0 aromatic heterocycles. The van der Waals surface area contributed by atoms with Gasteiger partial charge in [0.25, 0.3) is 20.2 Å². The molecule has 0 spiro atoms. The SMILES string of the molecule is Cc1ccc2c(O)c(N=Nc3cccc(S(=O)(=O)O)c3)c(S(=O)(=O)O)cc2c1. The first kappa shape index (κ1) is 19.9. The highest BCUT2D eigenvalue weighted by atomic mass is 32.2. The lowest BCUT2D eigenvalue weighted by atomic mass is 10.1. The Morgan fingerprint density at radius 1 is 0.857 bits per heavy atom. The molecule has 3 aromatic carbocycles. The van der Waals surface area contributed by atoms with Crippen molar-refractivity contribution in [1.29, 1.82) is 0 Å². The van der Waals surface area contributed by atoms with E-state index >= 15 is 0 Å². The smallest absolute Gasteiger partial charge is 0.296 e. The van der Waals surface area contributed by atoms with Gasteiger partial charge in [-0.05, 0) is 36.6 Å². The monoisotopic (exact) mass is 422 g/mol. The van der Waals surface area contributed by atoms with Crippen molar-refractivity contribution >= 4 is 42.4 Å². The van der Waals surface area contributed by atoms with Crippen LogP contribution in [0.1, 0.15) is 5.56 Å². The zero-order valence-corrected chi connectivity index (χ0v) is 15.9. The van der Waals surface area contributed by atoms with Crippen LogP contribution in [-0.4, -0.2) is 31.0 Å². The molecule has 28 heavy (non-hydrogen) atoms. The highest BCUT2D eigenvalue weighted by Crippen LogP contribution is 2.41. The Hall–Kier alpha value is -2.86. The lowest BCUT2D eigenvalue weighted by Gasteiger charge is -2.09. The molecule has 3 rings (SSSR count). The largest absolute Gasteiger partial charge is 0.505 e. The predicted octanol–water partition coefficient (Wildman–Crippen LogP) is 3.76. The fourth-order valence-corrected chi connectivity index (χ4v) is 3.76. The molecule has 0 heterocycles. The van der Waals surface area contributed by atoms with Crippen molar-refractivity contribution in [3.63, 3.8) is 0 Å². The summed E-state index contributed by atoms with van der Waals surface area (Å²) in [5, 5.41) is 18.6. The first-order valence-corrected chi connectivity index (χ1v) is 10.6. The minimum atomic E-state index is -4.75. The van der Waals surface area contributed by atoms with E-state index in [1.165, 1.54) is 12.1 Å². The van der Waals surface area contributed by atoms with Crippen LogP contribution in [0, 0.1) is 6.92 Å². The summed E-state index contributed by atoms with van der Waals surface area (Å²) in [4.78, 5) is -1.09. The summed E-state index contributed by atoms with van der Waals surface area (Å²) in [7, 11) is -9.21. The van der Waals surface area contributed by atoms with Gasteiger partial charge in [0.15, 0.2) is 5.75 Å². The highest BCUT2D eigenvalue weighted by Gasteiger charge is 2.22. The van der Waals surface area contributed by atoms with Gasteiger partial charge in [-0.25, -0.2) is 0 Å². The van der Waals surface area contributed by atoms with Crippen LogP contribution in [0.3, 0.4) is 0 Å². The zero-order chi connectivity index (χ0) is 20.7. The highest BCUT2D eigenvalue weighted by molar-refractivity contribution is 7.86. The zero-order valence-electron chi connectivity index (χ0n) is 14.3. The molecule has 0 aliphatic rings. The number of phenols is 1. The van der Waals surface area contributed by atoms with Crippen molar-refractivity contribution in [2.24, 2.45) is 10.2 Å². The van der Waals surface area contributed by atoms with Crippen LogP contribution < -0.4 is 0 Å². The van der Waals surface area contributed by atoms with Gasteiger partial charge < -0.3 is 5.11 Å². The van der Waals surface area contributed by atoms with E-state index in [1.807, 2.05) is 0 Å². The molecule has 0 bridgehead atoms. The van der Waals surface area contributed by atoms with Crippen molar-refractivity contribution in [3.8, 4) is 5.75 Å². The van der Waals surface area contributed by atoms with Gasteiger partial charge in [0.05, 0.1) is 10.6 Å². The molecule has 0 saturated carbocycles. The molecule has 0 saturated heterocycles. The van der Waals surface area contributed by atoms with E-state index in [9.17, 15) is 26.5 Å². The number of rotatable bonds is 4. The number of nitrogens with zero attached hydrogens (tertiary/aromatic N) is 2. The molecule has 0 aliphatic carbocycles. The van der Waals surface area contributed by atoms with E-state index in [4.69, 9.17) is 4.55 Å². The third-order valence-corrected chi connectivity index (χ3v) is 5.58. The van der Waals surface area contributed by atoms with E-state index in [0.29, 0.717) is 10.8 Å². The first-order valence-electron chi connectivity index (χ1n) is 7.70. The number of aryl methyl sites for hydroxylation is 1. The number of phenolic OH excluding ortho intramolecular Hbond substituents is 1. The third kappa shape index (κ3) is 4.02. The molecule has 11 heteroatoms. The first-order chi connectivity index (χ1) is 13.0. The Kier molecular flexibility index (Phi) is 4.93. The van der Waals surface area contributed by atoms with E-state index in [0.717, 1.165) is 23.8 Å². The second-order valence-electron chi connectivity index (χ2n) is 5.94. The normalized spacial score (nSPS) is 12.7. The molecule has 0 radical (unpaired) electrons. The quantitative estimate of drug-likeness (QED) is 0.427. The average molecular weight is 422 g/mol. The molecule has 0 fully saturated rings. The lowest BCUT2D eigenvalue weighted by Crippen LogP contribution is -1.99. The molecule has 0 aliphatic heterocycles. The maximum atomic E-state index is 11.8. The summed E-state index contributed by atoms with van der Waals surface area (Å²) in [6.07, 6.45) is 0. The van der Waals surface area contributed by atoms with Gasteiger partial charge in [-0.3, -0.25) is 9.11 Å². The van der Waals surface area contributed by atoms with Crippen molar-refractivity contribution < 1.29 is 31.0 Å². The number of hydrogen-bond donors (Lipinski definition) is 3. The topological polar surface area (TPSA) is 154 Å². The van der Waals surface area contributed by atoms with Gasteiger partial charge in [0, 0.05) is 5.39 Å². The van der Waals surface area contributed by atoms with Crippen molar-refractivity contribution in [3.05, 3.63) is 54.1 Å². The second kappa shape index (κ2) is 6.95. The van der Waals surface area contributed by atoms with Gasteiger partial charge in [0.1, 0.15) is 10.6 Å². The fraction of sp³-hybridized carbons (Fsp3) is 0.0588. The lowest BCUT2D eigenvalue weighted by molar-refractivity contribution is 0.472. The van der Waals surface area contributed by atoms with Crippen LogP contribution in [0.15, 0.2) is 68.6 Å². The number of fused-ring (bicyclic) bond motifs is 1. The Labute approximate surface area is 160 Å². The predicted molar refractivity (Wildman–Crippen MR) is 101 cm³/mol. The van der Waals surface area contributed by atoms with Crippen LogP contribution in [-0.2, 0) is 20.2 Å². The van der Waals surface area contributed by atoms with E-state index < -0.39 is 41.5 Å². The Morgan fingerprint density at radius 3 is 2.21 bits per heavy atom. The van der Waals surface area contributed by atoms with Crippen LogP contribution in [0.5, 0.6) is 5.75 Å². The summed E-state index contributed by atoms with van der Waals surface area (Å²) >= 11 is 0. The number of azo groups is 1. The molecule has 0 unspecified atom stereocenters. The van der Waals surface area contributed by atoms with Crippen LogP contribution >= 0.6 is 0 Å². The Balaban J connectivity index is 2.21. The standard InChI is InChI=1S/C17H14N2O7S2/c1-10-5-6-14-11(7-10)8-15(28(24,25)26)16(17(14)20)19-18-12-3-2-4-13(9-12)27(21,22)23/h2-9,20H,1H3,(H,21,22,23)(H,24,25,26). The summed E-state index contributed by atoms with van der Waals surface area (Å²) in [6.45, 7) is 1.78. The summed E-state index contributed by atoms with van der Waals surface area (Å²) in [5.41, 5.74) is 0.278. The van der Waals surface area contributed by atoms with Crippen LogP contribution in [0.25, 0.3) is 10.8 Å². The van der Waals surface area contributed by atoms with Crippen molar-refractivity contribution in [2.45, 2.75) is 16.7 Å². The fourth-order valence-electron chi connectivity index (χ4n) is 2.58. The number of aromatic hydroxyl groups is 1. The third-order valence-electron chi connectivity index (χ3n) is 3.87. The number of benzene rings is 3. The minimum Gasteiger partial charge on any atom is -0.505 e. The Bertz CT molecular complexity index is 1330. The second-order valence-corrected chi connectivity index (χ2v) is 8.76. The maximum absolute atomic E-state index is 11.8. The van der Waals surface area contributed by atoms with Crippen molar-refractivity contribution in [1.82, 2.24) is 0 Å². The van der Waals surface area contributed by atoms with Crippen LogP contribution in [0.2, 0.25) is 0 Å². The van der Waals surface area contributed by atoms with Gasteiger partial charge in [-0.15, -0.1) is 5.11 Å². The van der Waals surface area contributed by atoms with E-state index in [2.05, 4.69) is 10.2 Å². The van der Waals surface area contributed by atoms with Crippen LogP contribution in [0.4, 0.5) is 11.4 Å². The molecule has 3 aromatic rings. The summed E-state index contributed by atoms with van der Waals surface area (Å²) < 4.78 is 64.5. The summed E-state index contributed by atoms with van der Waals surface area (Å²) in [5.74, 6) is -0.514. The van der Waals surface area contributed by atoms with E-state index in [-0.39, 0.29) is 5.69 Å². The summed E-state index contributed by atoms with van der Waals surface area (Å²) in [6, 6.07) is 10.8. The molecule has 3 N–H and O–H groups in total. The van der Waals surface area contributed by atoms with Gasteiger partial charge in [-0.2, -0.15) is 21.9 Å². The molecule has 9 nitrogen and oxygen atoms in total. The average Bonchev–Trinajstić information content (AvgIpc) is 2.59. The van der Waals surface area contributed by atoms with Gasteiger partial charge in [-0.1, -0.05) is 29.8 Å². The molecular formula is C17H14N2O7S2. The maximum Gasteiger partial charge on any atom is 0.296 e. The number of hydrogen-bond acceptors (Lipinski definition) is 7.